The monoisotopic (exact) mass is 333 g/mol. The maximum atomic E-state index is 12.5. The van der Waals surface area contributed by atoms with Crippen LogP contribution in [0.1, 0.15) is 28.1 Å². The van der Waals surface area contributed by atoms with Crippen LogP contribution in [0.3, 0.4) is 0 Å². The number of thiophene rings is 1. The van der Waals surface area contributed by atoms with Gasteiger partial charge in [0, 0.05) is 18.7 Å². The van der Waals surface area contributed by atoms with E-state index in [-0.39, 0.29) is 12.0 Å². The molecule has 6 nitrogen and oxygen atoms in total. The zero-order valence-electron chi connectivity index (χ0n) is 13.2. The van der Waals surface area contributed by atoms with Crippen molar-refractivity contribution in [2.24, 2.45) is 0 Å². The molecule has 1 atom stereocenters. The second-order valence-electron chi connectivity index (χ2n) is 5.54. The van der Waals surface area contributed by atoms with Gasteiger partial charge in [0.1, 0.15) is 6.10 Å². The van der Waals surface area contributed by atoms with E-state index in [1.807, 2.05) is 23.3 Å². The predicted molar refractivity (Wildman–Crippen MR) is 87.2 cm³/mol. The summed E-state index contributed by atoms with van der Waals surface area (Å²) in [6, 6.07) is 5.38. The van der Waals surface area contributed by atoms with E-state index in [2.05, 4.69) is 10.2 Å². The number of carbonyl (C=O) groups excluding carboxylic acids is 1. The first-order valence-electron chi connectivity index (χ1n) is 7.54. The molecule has 1 aliphatic rings. The minimum absolute atomic E-state index is 0.0588. The third-order valence-corrected chi connectivity index (χ3v) is 4.75. The van der Waals surface area contributed by atoms with Gasteiger partial charge in [0.05, 0.1) is 18.5 Å². The lowest BCUT2D eigenvalue weighted by atomic mass is 10.1. The quantitative estimate of drug-likeness (QED) is 0.860. The Hall–Kier alpha value is -2.15. The molecule has 23 heavy (non-hydrogen) atoms. The molecule has 2 aromatic rings. The Morgan fingerprint density at radius 3 is 2.78 bits per heavy atom. The molecule has 0 bridgehead atoms. The molecule has 122 valence electrons. The van der Waals surface area contributed by atoms with Crippen LogP contribution in [-0.2, 0) is 0 Å². The van der Waals surface area contributed by atoms with Gasteiger partial charge in [0.2, 0.25) is 11.8 Å². The number of ether oxygens (including phenoxy) is 2. The summed E-state index contributed by atoms with van der Waals surface area (Å²) in [4.78, 5) is 15.2. The van der Waals surface area contributed by atoms with Crippen LogP contribution in [0.4, 0.5) is 0 Å². The van der Waals surface area contributed by atoms with Gasteiger partial charge in [-0.05, 0) is 36.8 Å². The fraction of sp³-hybridized carbons (Fsp3) is 0.438. The first kappa shape index (κ1) is 15.7. The van der Waals surface area contributed by atoms with Gasteiger partial charge in [-0.2, -0.15) is 0 Å². The van der Waals surface area contributed by atoms with Crippen molar-refractivity contribution in [1.29, 1.82) is 0 Å². The molecule has 3 rings (SSSR count). The van der Waals surface area contributed by atoms with Crippen molar-refractivity contribution in [2.45, 2.75) is 25.9 Å². The van der Waals surface area contributed by atoms with Gasteiger partial charge in [-0.1, -0.05) is 0 Å². The molecular formula is C16H19N3O3S. The van der Waals surface area contributed by atoms with E-state index >= 15 is 0 Å². The van der Waals surface area contributed by atoms with E-state index in [0.717, 1.165) is 29.8 Å². The molecule has 3 heterocycles. The molecular weight excluding hydrogens is 314 g/mol. The molecule has 0 saturated carbocycles. The van der Waals surface area contributed by atoms with Gasteiger partial charge in [-0.25, -0.2) is 0 Å². The van der Waals surface area contributed by atoms with Crippen LogP contribution < -0.4 is 9.47 Å². The molecule has 0 spiro atoms. The van der Waals surface area contributed by atoms with Gasteiger partial charge >= 0.3 is 0 Å². The molecule has 1 amide bonds. The molecule has 0 aliphatic carbocycles. The summed E-state index contributed by atoms with van der Waals surface area (Å²) in [5.41, 5.74) is 1.12. The standard InChI is InChI=1S/C16H19N3O3S/c1-11-8-13(23-10-11)16(20)19-7-3-4-12(9-19)22-15-6-5-14(21-2)17-18-15/h5-6,8,10,12H,3-4,7,9H2,1-2H3. The highest BCUT2D eigenvalue weighted by Crippen LogP contribution is 2.21. The molecule has 0 radical (unpaired) electrons. The lowest BCUT2D eigenvalue weighted by Crippen LogP contribution is -2.44. The predicted octanol–water partition coefficient (Wildman–Crippen LogP) is 2.54. The number of carbonyl (C=O) groups is 1. The van der Waals surface area contributed by atoms with Crippen molar-refractivity contribution >= 4 is 17.2 Å². The van der Waals surface area contributed by atoms with Gasteiger partial charge in [0.15, 0.2) is 0 Å². The van der Waals surface area contributed by atoms with Crippen molar-refractivity contribution in [3.05, 3.63) is 34.0 Å². The van der Waals surface area contributed by atoms with E-state index in [1.54, 1.807) is 19.2 Å². The second kappa shape index (κ2) is 6.95. The number of rotatable bonds is 4. The van der Waals surface area contributed by atoms with Crippen LogP contribution in [0.15, 0.2) is 23.6 Å². The average Bonchev–Trinajstić information content (AvgIpc) is 3.01. The lowest BCUT2D eigenvalue weighted by Gasteiger charge is -2.32. The maximum Gasteiger partial charge on any atom is 0.264 e. The van der Waals surface area contributed by atoms with E-state index in [0.29, 0.717) is 18.3 Å². The third-order valence-electron chi connectivity index (χ3n) is 3.72. The van der Waals surface area contributed by atoms with Gasteiger partial charge in [-0.3, -0.25) is 4.79 Å². The SMILES string of the molecule is COc1ccc(OC2CCCN(C(=O)c3cc(C)cs3)C2)nn1. The minimum atomic E-state index is -0.0588. The van der Waals surface area contributed by atoms with Crippen LogP contribution in [0, 0.1) is 6.92 Å². The Balaban J connectivity index is 1.62. The number of methoxy groups -OCH3 is 1. The number of hydrogen-bond donors (Lipinski definition) is 0. The Kier molecular flexibility index (Phi) is 4.76. The van der Waals surface area contributed by atoms with Crippen molar-refractivity contribution in [1.82, 2.24) is 15.1 Å². The summed E-state index contributed by atoms with van der Waals surface area (Å²) in [6.45, 7) is 3.34. The highest BCUT2D eigenvalue weighted by molar-refractivity contribution is 7.12. The number of piperidine rings is 1. The number of amides is 1. The van der Waals surface area contributed by atoms with E-state index in [1.165, 1.54) is 11.3 Å². The van der Waals surface area contributed by atoms with Crippen molar-refractivity contribution in [3.63, 3.8) is 0 Å². The lowest BCUT2D eigenvalue weighted by molar-refractivity contribution is 0.0529. The Bertz CT molecular complexity index is 671. The molecule has 1 unspecified atom stereocenters. The molecule has 1 fully saturated rings. The van der Waals surface area contributed by atoms with E-state index in [9.17, 15) is 4.79 Å². The third kappa shape index (κ3) is 3.79. The van der Waals surface area contributed by atoms with Gasteiger partial charge in [-0.15, -0.1) is 21.5 Å². The Morgan fingerprint density at radius 1 is 1.35 bits per heavy atom. The topological polar surface area (TPSA) is 64.6 Å². The summed E-state index contributed by atoms with van der Waals surface area (Å²) in [5, 5.41) is 9.87. The molecule has 1 aliphatic heterocycles. The molecule has 1 saturated heterocycles. The van der Waals surface area contributed by atoms with Crippen LogP contribution in [-0.4, -0.2) is 47.3 Å². The smallest absolute Gasteiger partial charge is 0.264 e. The van der Waals surface area contributed by atoms with Crippen LogP contribution >= 0.6 is 11.3 Å². The summed E-state index contributed by atoms with van der Waals surface area (Å²) >= 11 is 1.49. The number of hydrogen-bond acceptors (Lipinski definition) is 6. The van der Waals surface area contributed by atoms with Gasteiger partial charge < -0.3 is 14.4 Å². The highest BCUT2D eigenvalue weighted by atomic mass is 32.1. The van der Waals surface area contributed by atoms with Crippen molar-refractivity contribution < 1.29 is 14.3 Å². The zero-order chi connectivity index (χ0) is 16.2. The van der Waals surface area contributed by atoms with Crippen molar-refractivity contribution in [3.8, 4) is 11.8 Å². The minimum Gasteiger partial charge on any atom is -0.480 e. The molecule has 7 heteroatoms. The molecule has 0 N–H and O–H groups in total. The fourth-order valence-electron chi connectivity index (χ4n) is 2.57. The highest BCUT2D eigenvalue weighted by Gasteiger charge is 2.26. The second-order valence-corrected chi connectivity index (χ2v) is 6.45. The summed E-state index contributed by atoms with van der Waals surface area (Å²) in [6.07, 6.45) is 1.77. The number of aromatic nitrogens is 2. The number of likely N-dealkylation sites (tertiary alicyclic amines) is 1. The van der Waals surface area contributed by atoms with Gasteiger partial charge in [0.25, 0.3) is 5.91 Å². The molecule has 2 aromatic heterocycles. The summed E-state index contributed by atoms with van der Waals surface area (Å²) in [5.74, 6) is 0.986. The molecule has 0 aromatic carbocycles. The van der Waals surface area contributed by atoms with E-state index < -0.39 is 0 Å². The first-order valence-corrected chi connectivity index (χ1v) is 8.42. The maximum absolute atomic E-state index is 12.5. The largest absolute Gasteiger partial charge is 0.480 e. The fourth-order valence-corrected chi connectivity index (χ4v) is 3.43. The Labute approximate surface area is 139 Å². The van der Waals surface area contributed by atoms with Crippen LogP contribution in [0.5, 0.6) is 11.8 Å². The van der Waals surface area contributed by atoms with Crippen LogP contribution in [0.25, 0.3) is 0 Å². The Morgan fingerprint density at radius 2 is 2.13 bits per heavy atom. The van der Waals surface area contributed by atoms with Crippen molar-refractivity contribution in [2.75, 3.05) is 20.2 Å². The number of nitrogens with zero attached hydrogens (tertiary/aromatic N) is 3. The van der Waals surface area contributed by atoms with Crippen LogP contribution in [0.2, 0.25) is 0 Å². The summed E-state index contributed by atoms with van der Waals surface area (Å²) in [7, 11) is 1.54. The number of aryl methyl sites for hydroxylation is 1. The first-order chi connectivity index (χ1) is 11.2. The summed E-state index contributed by atoms with van der Waals surface area (Å²) < 4.78 is 10.8. The normalized spacial score (nSPS) is 17.8. The van der Waals surface area contributed by atoms with E-state index in [4.69, 9.17) is 9.47 Å². The zero-order valence-corrected chi connectivity index (χ0v) is 14.0. The average molecular weight is 333 g/mol.